The third-order valence-corrected chi connectivity index (χ3v) is 2.92. The highest BCUT2D eigenvalue weighted by molar-refractivity contribution is 5.99. The second-order valence-corrected chi connectivity index (χ2v) is 3.98. The van der Waals surface area contributed by atoms with Gasteiger partial charge in [-0.05, 0) is 5.92 Å². The van der Waals surface area contributed by atoms with Crippen molar-refractivity contribution in [1.82, 2.24) is 10.2 Å². The summed E-state index contributed by atoms with van der Waals surface area (Å²) in [5, 5.41) is 6.33. The predicted molar refractivity (Wildman–Crippen MR) is 53.9 cm³/mol. The second-order valence-electron chi connectivity index (χ2n) is 3.98. The molecule has 0 spiro atoms. The summed E-state index contributed by atoms with van der Waals surface area (Å²) in [6.07, 6.45) is 7.04. The minimum Gasteiger partial charge on any atom is -0.383 e. The second kappa shape index (κ2) is 3.82. The quantitative estimate of drug-likeness (QED) is 0.718. The number of nitrogens with zero attached hydrogens (tertiary/aromatic N) is 1. The third kappa shape index (κ3) is 1.78. The molecule has 0 bridgehead atoms. The van der Waals surface area contributed by atoms with E-state index in [-0.39, 0.29) is 5.78 Å². The van der Waals surface area contributed by atoms with Gasteiger partial charge in [0.05, 0.1) is 11.8 Å². The van der Waals surface area contributed by atoms with Crippen LogP contribution >= 0.6 is 0 Å². The van der Waals surface area contributed by atoms with Crippen LogP contribution in [0.15, 0.2) is 6.20 Å². The maximum Gasteiger partial charge on any atom is 0.168 e. The molecule has 76 valence electrons. The summed E-state index contributed by atoms with van der Waals surface area (Å²) in [4.78, 5) is 11.7. The molecule has 1 fully saturated rings. The van der Waals surface area contributed by atoms with Crippen LogP contribution in [0.1, 0.15) is 42.5 Å². The minimum absolute atomic E-state index is 0.128. The lowest BCUT2D eigenvalue weighted by molar-refractivity contribution is 0.0963. The number of hydrogen-bond acceptors (Lipinski definition) is 3. The van der Waals surface area contributed by atoms with Gasteiger partial charge in [0.15, 0.2) is 5.78 Å². The first kappa shape index (κ1) is 9.24. The van der Waals surface area contributed by atoms with E-state index in [1.807, 2.05) is 0 Å². The zero-order valence-electron chi connectivity index (χ0n) is 8.12. The molecule has 1 aliphatic rings. The summed E-state index contributed by atoms with van der Waals surface area (Å²) < 4.78 is 0. The van der Waals surface area contributed by atoms with E-state index in [0.29, 0.717) is 23.7 Å². The Bertz CT molecular complexity index is 326. The van der Waals surface area contributed by atoms with Crippen LogP contribution in [0.3, 0.4) is 0 Å². The van der Waals surface area contributed by atoms with E-state index in [2.05, 4.69) is 10.2 Å². The molecular weight excluding hydrogens is 178 g/mol. The summed E-state index contributed by atoms with van der Waals surface area (Å²) in [6, 6.07) is 0. The highest BCUT2D eigenvalue weighted by Gasteiger charge is 2.20. The van der Waals surface area contributed by atoms with Crippen LogP contribution in [0.4, 0.5) is 5.82 Å². The molecule has 1 heterocycles. The molecule has 1 saturated carbocycles. The fourth-order valence-corrected chi connectivity index (χ4v) is 2.10. The molecule has 4 heteroatoms. The van der Waals surface area contributed by atoms with Crippen molar-refractivity contribution in [2.75, 3.05) is 5.73 Å². The number of Topliss-reactive ketones (excluding diaryl/α,β-unsaturated/α-hetero) is 1. The average Bonchev–Trinajstić information content (AvgIpc) is 2.75. The first-order valence-corrected chi connectivity index (χ1v) is 5.09. The van der Waals surface area contributed by atoms with Gasteiger partial charge in [-0.2, -0.15) is 5.10 Å². The highest BCUT2D eigenvalue weighted by Crippen LogP contribution is 2.29. The Morgan fingerprint density at radius 1 is 1.57 bits per heavy atom. The van der Waals surface area contributed by atoms with Gasteiger partial charge in [-0.25, -0.2) is 0 Å². The lowest BCUT2D eigenvalue weighted by Gasteiger charge is -2.06. The monoisotopic (exact) mass is 193 g/mol. The number of anilines is 1. The zero-order valence-corrected chi connectivity index (χ0v) is 8.12. The van der Waals surface area contributed by atoms with Crippen LogP contribution in [0, 0.1) is 5.92 Å². The number of nitrogens with one attached hydrogen (secondary N) is 1. The number of nitrogens with two attached hydrogens (primary N) is 1. The van der Waals surface area contributed by atoms with Gasteiger partial charge in [0.25, 0.3) is 0 Å². The molecule has 0 saturated heterocycles. The summed E-state index contributed by atoms with van der Waals surface area (Å²) >= 11 is 0. The first-order chi connectivity index (χ1) is 6.77. The Balaban J connectivity index is 1.98. The van der Waals surface area contributed by atoms with Crippen molar-refractivity contribution in [1.29, 1.82) is 0 Å². The number of nitrogen functional groups attached to an aromatic ring is 1. The number of hydrogen-bond donors (Lipinski definition) is 2. The molecule has 1 aromatic heterocycles. The Morgan fingerprint density at radius 3 is 2.86 bits per heavy atom. The van der Waals surface area contributed by atoms with Crippen LogP contribution < -0.4 is 5.73 Å². The third-order valence-electron chi connectivity index (χ3n) is 2.92. The maximum atomic E-state index is 11.7. The van der Waals surface area contributed by atoms with Crippen LogP contribution in [0.25, 0.3) is 0 Å². The van der Waals surface area contributed by atoms with Gasteiger partial charge in [-0.15, -0.1) is 0 Å². The Kier molecular flexibility index (Phi) is 2.52. The van der Waals surface area contributed by atoms with Crippen molar-refractivity contribution in [2.24, 2.45) is 5.92 Å². The molecule has 4 nitrogen and oxygen atoms in total. The summed E-state index contributed by atoms with van der Waals surface area (Å²) in [6.45, 7) is 0. The SMILES string of the molecule is Nc1[nH]ncc1C(=O)CC1CCCC1. The van der Waals surface area contributed by atoms with E-state index >= 15 is 0 Å². The van der Waals surface area contributed by atoms with Gasteiger partial charge in [0.1, 0.15) is 5.82 Å². The zero-order chi connectivity index (χ0) is 9.97. The number of aromatic nitrogens is 2. The molecule has 0 unspecified atom stereocenters. The molecule has 0 radical (unpaired) electrons. The van der Waals surface area contributed by atoms with E-state index in [9.17, 15) is 4.79 Å². The molecule has 0 amide bonds. The predicted octanol–water partition coefficient (Wildman–Crippen LogP) is 1.75. The van der Waals surface area contributed by atoms with Gasteiger partial charge >= 0.3 is 0 Å². The van der Waals surface area contributed by atoms with Crippen molar-refractivity contribution in [2.45, 2.75) is 32.1 Å². The van der Waals surface area contributed by atoms with E-state index < -0.39 is 0 Å². The minimum atomic E-state index is 0.128. The molecular formula is C10H15N3O. The first-order valence-electron chi connectivity index (χ1n) is 5.09. The van der Waals surface area contributed by atoms with Crippen LogP contribution in [-0.2, 0) is 0 Å². The Hall–Kier alpha value is -1.32. The average molecular weight is 193 g/mol. The van der Waals surface area contributed by atoms with Gasteiger partial charge in [0, 0.05) is 6.42 Å². The van der Waals surface area contributed by atoms with Crippen molar-refractivity contribution in [3.8, 4) is 0 Å². The lowest BCUT2D eigenvalue weighted by atomic mass is 9.98. The summed E-state index contributed by atoms with van der Waals surface area (Å²) in [5.41, 5.74) is 6.13. The number of H-pyrrole nitrogens is 1. The lowest BCUT2D eigenvalue weighted by Crippen LogP contribution is -2.07. The van der Waals surface area contributed by atoms with E-state index in [0.717, 1.165) is 0 Å². The topological polar surface area (TPSA) is 71.8 Å². The summed E-state index contributed by atoms with van der Waals surface area (Å²) in [5.74, 6) is 1.09. The van der Waals surface area contributed by atoms with Crippen molar-refractivity contribution in [3.63, 3.8) is 0 Å². The van der Waals surface area contributed by atoms with Gasteiger partial charge in [-0.1, -0.05) is 25.7 Å². The van der Waals surface area contributed by atoms with Gasteiger partial charge in [-0.3, -0.25) is 9.89 Å². The molecule has 0 atom stereocenters. The highest BCUT2D eigenvalue weighted by atomic mass is 16.1. The largest absolute Gasteiger partial charge is 0.383 e. The number of aromatic amines is 1. The number of ketones is 1. The molecule has 0 aromatic carbocycles. The van der Waals surface area contributed by atoms with Crippen LogP contribution in [-0.4, -0.2) is 16.0 Å². The van der Waals surface area contributed by atoms with Crippen LogP contribution in [0.2, 0.25) is 0 Å². The molecule has 3 N–H and O–H groups in total. The number of carbonyl (C=O) groups is 1. The fraction of sp³-hybridized carbons (Fsp3) is 0.600. The van der Waals surface area contributed by atoms with Crippen molar-refractivity contribution < 1.29 is 4.79 Å². The molecule has 0 aliphatic heterocycles. The Labute approximate surface area is 82.9 Å². The van der Waals surface area contributed by atoms with E-state index in [4.69, 9.17) is 5.73 Å². The van der Waals surface area contributed by atoms with Gasteiger partial charge < -0.3 is 5.73 Å². The van der Waals surface area contributed by atoms with Crippen molar-refractivity contribution in [3.05, 3.63) is 11.8 Å². The van der Waals surface area contributed by atoms with Crippen molar-refractivity contribution >= 4 is 11.6 Å². The van der Waals surface area contributed by atoms with Gasteiger partial charge in [0.2, 0.25) is 0 Å². The van der Waals surface area contributed by atoms with E-state index in [1.54, 1.807) is 0 Å². The normalized spacial score (nSPS) is 17.4. The summed E-state index contributed by atoms with van der Waals surface area (Å²) in [7, 11) is 0. The van der Waals surface area contributed by atoms with E-state index in [1.165, 1.54) is 31.9 Å². The number of carbonyl (C=O) groups excluding carboxylic acids is 1. The smallest absolute Gasteiger partial charge is 0.168 e. The molecule has 14 heavy (non-hydrogen) atoms. The standard InChI is InChI=1S/C10H15N3O/c11-10-8(6-12-13-10)9(14)5-7-3-1-2-4-7/h6-7H,1-5H2,(H3,11,12,13). The number of rotatable bonds is 3. The fourth-order valence-electron chi connectivity index (χ4n) is 2.10. The molecule has 1 aromatic rings. The molecule has 1 aliphatic carbocycles. The maximum absolute atomic E-state index is 11.7. The molecule has 2 rings (SSSR count). The van der Waals surface area contributed by atoms with Crippen LogP contribution in [0.5, 0.6) is 0 Å². The Morgan fingerprint density at radius 2 is 2.29 bits per heavy atom.